The van der Waals surface area contributed by atoms with Crippen LogP contribution in [0.5, 0.6) is 5.75 Å². The highest BCUT2D eigenvalue weighted by atomic mass is 16.5. The van der Waals surface area contributed by atoms with E-state index in [2.05, 4.69) is 25.7 Å². The van der Waals surface area contributed by atoms with Crippen LogP contribution in [0.4, 0.5) is 0 Å². The molecular formula is C29H40O3. The maximum atomic E-state index is 11.4. The third kappa shape index (κ3) is 3.50. The lowest BCUT2D eigenvalue weighted by molar-refractivity contribution is -0.146. The second-order valence-corrected chi connectivity index (χ2v) is 11.7. The fourth-order valence-electron chi connectivity index (χ4n) is 8.56. The normalized spacial score (nSPS) is 45.1. The van der Waals surface area contributed by atoms with Crippen molar-refractivity contribution in [2.24, 2.45) is 34.5 Å². The summed E-state index contributed by atoms with van der Waals surface area (Å²) in [5, 5.41) is 11.4. The van der Waals surface area contributed by atoms with E-state index in [1.54, 1.807) is 7.11 Å². The molecule has 0 aliphatic heterocycles. The van der Waals surface area contributed by atoms with Crippen molar-refractivity contribution in [2.75, 3.05) is 14.2 Å². The van der Waals surface area contributed by atoms with Gasteiger partial charge in [-0.15, -0.1) is 0 Å². The maximum Gasteiger partial charge on any atom is 0.126 e. The Balaban J connectivity index is 1.32. The fourth-order valence-corrected chi connectivity index (χ4v) is 8.56. The average molecular weight is 437 g/mol. The molecule has 1 aromatic carbocycles. The Labute approximate surface area is 194 Å². The van der Waals surface area contributed by atoms with Gasteiger partial charge >= 0.3 is 0 Å². The Bertz CT molecular complexity index is 897. The Morgan fingerprint density at radius 3 is 2.34 bits per heavy atom. The van der Waals surface area contributed by atoms with Crippen LogP contribution in [0, 0.1) is 46.3 Å². The van der Waals surface area contributed by atoms with Crippen LogP contribution < -0.4 is 4.74 Å². The summed E-state index contributed by atoms with van der Waals surface area (Å²) >= 11 is 0. The highest BCUT2D eigenvalue weighted by molar-refractivity contribution is 5.40. The second-order valence-electron chi connectivity index (χ2n) is 11.7. The second kappa shape index (κ2) is 8.07. The fraction of sp³-hybridized carbons (Fsp3) is 0.724. The van der Waals surface area contributed by atoms with Crippen molar-refractivity contribution in [1.29, 1.82) is 0 Å². The molecule has 1 aromatic rings. The highest BCUT2D eigenvalue weighted by Crippen LogP contribution is 2.67. The Morgan fingerprint density at radius 1 is 0.875 bits per heavy atom. The van der Waals surface area contributed by atoms with Gasteiger partial charge in [-0.2, -0.15) is 0 Å². The Hall–Kier alpha value is -1.50. The number of ether oxygens (including phenoxy) is 2. The quantitative estimate of drug-likeness (QED) is 0.592. The van der Waals surface area contributed by atoms with Gasteiger partial charge in [0.1, 0.15) is 11.4 Å². The number of benzene rings is 1. The Morgan fingerprint density at radius 2 is 1.62 bits per heavy atom. The zero-order valence-corrected chi connectivity index (χ0v) is 20.3. The van der Waals surface area contributed by atoms with Crippen LogP contribution in [0.25, 0.3) is 0 Å². The average Bonchev–Trinajstić information content (AvgIpc) is 3.15. The topological polar surface area (TPSA) is 38.7 Å². The van der Waals surface area contributed by atoms with E-state index in [-0.39, 0.29) is 0 Å². The summed E-state index contributed by atoms with van der Waals surface area (Å²) in [7, 11) is 3.59. The van der Waals surface area contributed by atoms with E-state index in [0.717, 1.165) is 48.3 Å². The number of methoxy groups -OCH3 is 2. The molecule has 174 valence electrons. The van der Waals surface area contributed by atoms with E-state index in [1.807, 2.05) is 31.4 Å². The zero-order chi connectivity index (χ0) is 22.6. The van der Waals surface area contributed by atoms with E-state index in [4.69, 9.17) is 9.47 Å². The standard InChI is InChI=1S/C29H40O3/c1-27-17-18-29(30,16-13-20-5-8-22(31-3)9-6-20)19-21(27)7-10-23-24-11-12-26(32-4)28(24,2)15-14-25(23)27/h5-6,8-9,21,23-26,30H,7,10-12,14-15,17-19H2,1-4H3/t21?,23-,24-,25+,26?,27-,28-,29?/m0/s1. The summed E-state index contributed by atoms with van der Waals surface area (Å²) in [5.41, 5.74) is 0.813. The van der Waals surface area contributed by atoms with Crippen molar-refractivity contribution in [3.8, 4) is 17.6 Å². The van der Waals surface area contributed by atoms with Gasteiger partial charge in [-0.1, -0.05) is 25.7 Å². The first-order valence-electron chi connectivity index (χ1n) is 12.7. The highest BCUT2D eigenvalue weighted by Gasteiger charge is 2.61. The summed E-state index contributed by atoms with van der Waals surface area (Å²) in [4.78, 5) is 0. The van der Waals surface area contributed by atoms with Crippen molar-refractivity contribution in [3.05, 3.63) is 29.8 Å². The maximum absolute atomic E-state index is 11.4. The minimum atomic E-state index is -0.853. The predicted molar refractivity (Wildman–Crippen MR) is 127 cm³/mol. The SMILES string of the molecule is COc1ccc(C#CC2(O)CC[C@@]3(C)C(CC[C@@H]4[C@H]3CC[C@]3(C)C(OC)CC[C@@H]43)C2)cc1. The summed E-state index contributed by atoms with van der Waals surface area (Å²) in [5.74, 6) is 10.4. The monoisotopic (exact) mass is 436 g/mol. The first-order chi connectivity index (χ1) is 15.3. The van der Waals surface area contributed by atoms with Crippen molar-refractivity contribution < 1.29 is 14.6 Å². The van der Waals surface area contributed by atoms with Gasteiger partial charge in [-0.3, -0.25) is 0 Å². The molecule has 0 aromatic heterocycles. The van der Waals surface area contributed by atoms with Crippen LogP contribution in [0.2, 0.25) is 0 Å². The molecule has 0 amide bonds. The van der Waals surface area contributed by atoms with E-state index in [9.17, 15) is 5.11 Å². The molecule has 0 saturated heterocycles. The van der Waals surface area contributed by atoms with Crippen molar-refractivity contribution >= 4 is 0 Å². The van der Waals surface area contributed by atoms with Gasteiger partial charge in [-0.25, -0.2) is 0 Å². The van der Waals surface area contributed by atoms with Crippen molar-refractivity contribution in [2.45, 2.75) is 83.3 Å². The first kappa shape index (κ1) is 22.3. The molecule has 4 fully saturated rings. The van der Waals surface area contributed by atoms with E-state index >= 15 is 0 Å². The van der Waals surface area contributed by atoms with E-state index < -0.39 is 5.60 Å². The number of fused-ring (bicyclic) bond motifs is 5. The van der Waals surface area contributed by atoms with Crippen LogP contribution in [0.15, 0.2) is 24.3 Å². The molecule has 4 saturated carbocycles. The molecule has 4 aliphatic rings. The molecule has 3 nitrogen and oxygen atoms in total. The first-order valence-corrected chi connectivity index (χ1v) is 12.7. The van der Waals surface area contributed by atoms with E-state index in [0.29, 0.717) is 22.9 Å². The summed E-state index contributed by atoms with van der Waals surface area (Å²) in [6.07, 6.45) is 11.0. The number of aliphatic hydroxyl groups is 1. The lowest BCUT2D eigenvalue weighted by Gasteiger charge is -2.61. The van der Waals surface area contributed by atoms with Crippen LogP contribution in [-0.4, -0.2) is 31.0 Å². The summed E-state index contributed by atoms with van der Waals surface area (Å²) in [6.45, 7) is 5.06. The minimum absolute atomic E-state index is 0.351. The lowest BCUT2D eigenvalue weighted by atomic mass is 9.44. The van der Waals surface area contributed by atoms with Crippen molar-refractivity contribution in [1.82, 2.24) is 0 Å². The molecule has 3 heteroatoms. The molecule has 4 aliphatic carbocycles. The molecule has 1 N–H and O–H groups in total. The molecule has 3 unspecified atom stereocenters. The summed E-state index contributed by atoms with van der Waals surface area (Å²) < 4.78 is 11.2. The number of rotatable bonds is 2. The largest absolute Gasteiger partial charge is 0.497 e. The van der Waals surface area contributed by atoms with Crippen LogP contribution in [0.3, 0.4) is 0 Å². The van der Waals surface area contributed by atoms with Gasteiger partial charge in [0.25, 0.3) is 0 Å². The molecule has 32 heavy (non-hydrogen) atoms. The third-order valence-corrected chi connectivity index (χ3v) is 10.5. The molecule has 5 rings (SSSR count). The van der Waals surface area contributed by atoms with Gasteiger partial charge in [0.05, 0.1) is 13.2 Å². The van der Waals surface area contributed by atoms with Gasteiger partial charge in [-0.05, 0) is 117 Å². The van der Waals surface area contributed by atoms with Gasteiger partial charge in [0.2, 0.25) is 0 Å². The van der Waals surface area contributed by atoms with E-state index in [1.165, 1.54) is 38.5 Å². The van der Waals surface area contributed by atoms with Crippen LogP contribution >= 0.6 is 0 Å². The molecule has 0 bridgehead atoms. The Kier molecular flexibility index (Phi) is 5.62. The molecule has 0 radical (unpaired) electrons. The molecule has 0 heterocycles. The lowest BCUT2D eigenvalue weighted by Crippen LogP contribution is -2.56. The van der Waals surface area contributed by atoms with Crippen LogP contribution in [0.1, 0.15) is 77.2 Å². The molecular weight excluding hydrogens is 396 g/mol. The van der Waals surface area contributed by atoms with Gasteiger partial charge in [0.15, 0.2) is 0 Å². The third-order valence-electron chi connectivity index (χ3n) is 10.5. The van der Waals surface area contributed by atoms with Gasteiger partial charge < -0.3 is 14.6 Å². The minimum Gasteiger partial charge on any atom is -0.497 e. The predicted octanol–water partition coefficient (Wildman–Crippen LogP) is 5.84. The van der Waals surface area contributed by atoms with Crippen LogP contribution in [-0.2, 0) is 4.74 Å². The number of hydrogen-bond acceptors (Lipinski definition) is 3. The smallest absolute Gasteiger partial charge is 0.126 e. The molecule has 0 spiro atoms. The van der Waals surface area contributed by atoms with Crippen molar-refractivity contribution in [3.63, 3.8) is 0 Å². The molecule has 8 atom stereocenters. The van der Waals surface area contributed by atoms with Gasteiger partial charge in [0, 0.05) is 12.7 Å². The summed E-state index contributed by atoms with van der Waals surface area (Å²) in [6, 6.07) is 7.81. The zero-order valence-electron chi connectivity index (χ0n) is 20.3. The number of hydrogen-bond donors (Lipinski definition) is 1.